The minimum atomic E-state index is -1.04. The summed E-state index contributed by atoms with van der Waals surface area (Å²) in [4.78, 5) is 35.6. The highest BCUT2D eigenvalue weighted by molar-refractivity contribution is 5.91. The average molecular weight is 540 g/mol. The van der Waals surface area contributed by atoms with Gasteiger partial charge in [0.05, 0.1) is 31.5 Å². The van der Waals surface area contributed by atoms with Crippen molar-refractivity contribution in [2.45, 2.75) is 38.6 Å². The zero-order valence-electron chi connectivity index (χ0n) is 22.6. The van der Waals surface area contributed by atoms with Crippen molar-refractivity contribution in [3.05, 3.63) is 83.9 Å². The maximum absolute atomic E-state index is 13.4. The van der Waals surface area contributed by atoms with Gasteiger partial charge in [-0.25, -0.2) is 9.78 Å². The van der Waals surface area contributed by atoms with Crippen molar-refractivity contribution in [1.82, 2.24) is 25.6 Å². The van der Waals surface area contributed by atoms with E-state index < -0.39 is 6.09 Å². The Bertz CT molecular complexity index is 1650. The van der Waals surface area contributed by atoms with E-state index in [2.05, 4.69) is 55.9 Å². The second-order valence-electron chi connectivity index (χ2n) is 9.91. The summed E-state index contributed by atoms with van der Waals surface area (Å²) in [5.41, 5.74) is 4.69. The third kappa shape index (κ3) is 6.09. The Morgan fingerprint density at radius 3 is 2.65 bits per heavy atom. The maximum Gasteiger partial charge on any atom is 0.404 e. The molecule has 0 bridgehead atoms. The van der Waals surface area contributed by atoms with Gasteiger partial charge in [-0.1, -0.05) is 36.4 Å². The molecule has 5 rings (SSSR count). The van der Waals surface area contributed by atoms with Gasteiger partial charge in [0.15, 0.2) is 0 Å². The predicted molar refractivity (Wildman–Crippen MR) is 156 cm³/mol. The second kappa shape index (κ2) is 11.9. The van der Waals surface area contributed by atoms with Gasteiger partial charge in [0.25, 0.3) is 0 Å². The number of nitrogens with zero attached hydrogens (tertiary/aromatic N) is 1. The van der Waals surface area contributed by atoms with Crippen LogP contribution in [0.25, 0.3) is 32.9 Å². The third-order valence-corrected chi connectivity index (χ3v) is 7.18. The summed E-state index contributed by atoms with van der Waals surface area (Å²) in [6.45, 7) is 2.32. The normalized spacial score (nSPS) is 11.9. The molecule has 0 radical (unpaired) electrons. The maximum atomic E-state index is 13.4. The van der Waals surface area contributed by atoms with Crippen LogP contribution in [0.15, 0.2) is 66.9 Å². The van der Waals surface area contributed by atoms with E-state index >= 15 is 0 Å². The van der Waals surface area contributed by atoms with E-state index in [9.17, 15) is 9.59 Å². The minimum absolute atomic E-state index is 0.121. The van der Waals surface area contributed by atoms with E-state index in [-0.39, 0.29) is 18.4 Å². The molecule has 2 heterocycles. The molecule has 2 aromatic heterocycles. The highest BCUT2D eigenvalue weighted by atomic mass is 16.5. The van der Waals surface area contributed by atoms with Gasteiger partial charge in [-0.2, -0.15) is 0 Å². The lowest BCUT2D eigenvalue weighted by Gasteiger charge is -2.17. The number of H-pyrrole nitrogens is 2. The van der Waals surface area contributed by atoms with Crippen molar-refractivity contribution < 1.29 is 19.4 Å². The standard InChI is InChI=1S/C31H33N5O4/c1-19-24(25-16-23(40-2)12-13-26(25)34-19)17-29(37)35-27(9-5-6-14-32-31(38)39)30-33-18-28(36-30)22-11-10-20-7-3-4-8-21(20)15-22/h3-4,7-8,10-13,15-16,18,27,32,34H,5-6,9,14,17H2,1-2H3,(H,33,36)(H,35,37)(H,38,39)/t27-/m0/s1. The summed E-state index contributed by atoms with van der Waals surface area (Å²) in [6.07, 6.45) is 2.92. The molecule has 0 fully saturated rings. The van der Waals surface area contributed by atoms with E-state index in [4.69, 9.17) is 9.84 Å². The fraction of sp³-hybridized carbons (Fsp3) is 0.258. The van der Waals surface area contributed by atoms with Gasteiger partial charge < -0.3 is 30.4 Å². The van der Waals surface area contributed by atoms with Crippen molar-refractivity contribution in [3.8, 4) is 17.0 Å². The number of carbonyl (C=O) groups excluding carboxylic acids is 1. The van der Waals surface area contributed by atoms with Gasteiger partial charge >= 0.3 is 6.09 Å². The van der Waals surface area contributed by atoms with Crippen LogP contribution in [-0.2, 0) is 11.2 Å². The van der Waals surface area contributed by atoms with Gasteiger partial charge in [-0.3, -0.25) is 4.79 Å². The van der Waals surface area contributed by atoms with E-state index in [1.54, 1.807) is 13.3 Å². The van der Waals surface area contributed by atoms with Crippen LogP contribution in [0.3, 0.4) is 0 Å². The molecule has 5 aromatic rings. The molecular weight excluding hydrogens is 506 g/mol. The van der Waals surface area contributed by atoms with Crippen LogP contribution in [0.5, 0.6) is 5.75 Å². The van der Waals surface area contributed by atoms with Crippen LogP contribution in [0.1, 0.15) is 42.4 Å². The summed E-state index contributed by atoms with van der Waals surface area (Å²) in [7, 11) is 1.62. The molecule has 40 heavy (non-hydrogen) atoms. The molecule has 3 aromatic carbocycles. The Morgan fingerprint density at radius 1 is 1.02 bits per heavy atom. The number of unbranched alkanes of at least 4 members (excludes halogenated alkanes) is 1. The largest absolute Gasteiger partial charge is 0.497 e. The van der Waals surface area contributed by atoms with Gasteiger partial charge in [-0.05, 0) is 66.8 Å². The molecular formula is C31H33N5O4. The number of aryl methyl sites for hydroxylation is 1. The lowest BCUT2D eigenvalue weighted by Crippen LogP contribution is -2.31. The number of benzene rings is 3. The first kappa shape index (κ1) is 26.8. The Labute approximate surface area is 232 Å². The number of amides is 2. The van der Waals surface area contributed by atoms with Crippen molar-refractivity contribution in [1.29, 1.82) is 0 Å². The summed E-state index contributed by atoms with van der Waals surface area (Å²) < 4.78 is 5.39. The molecule has 0 unspecified atom stereocenters. The Morgan fingerprint density at radius 2 is 1.85 bits per heavy atom. The number of rotatable bonds is 11. The topological polar surface area (TPSA) is 132 Å². The second-order valence-corrected chi connectivity index (χ2v) is 9.91. The van der Waals surface area contributed by atoms with E-state index in [1.165, 1.54) is 0 Å². The molecule has 0 aliphatic carbocycles. The first-order chi connectivity index (χ1) is 19.4. The van der Waals surface area contributed by atoms with Gasteiger partial charge in [0.2, 0.25) is 5.91 Å². The molecule has 0 spiro atoms. The molecule has 2 amide bonds. The number of carboxylic acid groups (broad SMARTS) is 1. The van der Waals surface area contributed by atoms with Gasteiger partial charge in [0.1, 0.15) is 11.6 Å². The fourth-order valence-corrected chi connectivity index (χ4v) is 5.09. The molecule has 9 nitrogen and oxygen atoms in total. The van der Waals surface area contributed by atoms with Gasteiger partial charge in [-0.15, -0.1) is 0 Å². The first-order valence-corrected chi connectivity index (χ1v) is 13.4. The smallest absolute Gasteiger partial charge is 0.404 e. The van der Waals surface area contributed by atoms with Crippen LogP contribution in [0.4, 0.5) is 4.79 Å². The molecule has 0 aliphatic heterocycles. The first-order valence-electron chi connectivity index (χ1n) is 13.4. The number of aromatic nitrogens is 3. The Kier molecular flexibility index (Phi) is 8.00. The zero-order valence-corrected chi connectivity index (χ0v) is 22.6. The summed E-state index contributed by atoms with van der Waals surface area (Å²) >= 11 is 0. The van der Waals surface area contributed by atoms with E-state index in [1.807, 2.05) is 37.3 Å². The summed E-state index contributed by atoms with van der Waals surface area (Å²) in [6, 6.07) is 19.9. The van der Waals surface area contributed by atoms with E-state index in [0.717, 1.165) is 49.9 Å². The average Bonchev–Trinajstić information content (AvgIpc) is 3.56. The number of fused-ring (bicyclic) bond motifs is 2. The van der Waals surface area contributed by atoms with Crippen LogP contribution in [0.2, 0.25) is 0 Å². The fourth-order valence-electron chi connectivity index (χ4n) is 5.09. The highest BCUT2D eigenvalue weighted by Gasteiger charge is 2.20. The summed E-state index contributed by atoms with van der Waals surface area (Å²) in [5.74, 6) is 1.28. The Hall–Kier alpha value is -4.79. The lowest BCUT2D eigenvalue weighted by molar-refractivity contribution is -0.121. The molecule has 0 saturated heterocycles. The molecule has 0 aliphatic rings. The number of hydrogen-bond acceptors (Lipinski definition) is 4. The molecule has 206 valence electrons. The van der Waals surface area contributed by atoms with Gasteiger partial charge in [0, 0.05) is 28.7 Å². The molecule has 0 saturated carbocycles. The quantitative estimate of drug-likeness (QED) is 0.134. The van der Waals surface area contributed by atoms with Crippen LogP contribution in [0, 0.1) is 6.92 Å². The lowest BCUT2D eigenvalue weighted by atomic mass is 10.0. The number of hydrogen-bond donors (Lipinski definition) is 5. The number of ether oxygens (including phenoxy) is 1. The van der Waals surface area contributed by atoms with Crippen molar-refractivity contribution in [2.24, 2.45) is 0 Å². The summed E-state index contributed by atoms with van der Waals surface area (Å²) in [5, 5.41) is 17.7. The van der Waals surface area contributed by atoms with Crippen LogP contribution in [-0.4, -0.2) is 45.7 Å². The number of methoxy groups -OCH3 is 1. The molecule has 1 atom stereocenters. The molecule has 5 N–H and O–H groups in total. The SMILES string of the molecule is COc1ccc2[nH]c(C)c(CC(=O)N[C@@H](CCCCNC(=O)O)c3ncc(-c4ccc5ccccc5c4)[nH]3)c2c1. The monoisotopic (exact) mass is 539 g/mol. The molecule has 9 heteroatoms. The third-order valence-electron chi connectivity index (χ3n) is 7.18. The number of carbonyl (C=O) groups is 2. The predicted octanol–water partition coefficient (Wildman–Crippen LogP) is 5.87. The number of aromatic amines is 2. The van der Waals surface area contributed by atoms with Crippen molar-refractivity contribution >= 4 is 33.7 Å². The van der Waals surface area contributed by atoms with Crippen molar-refractivity contribution in [3.63, 3.8) is 0 Å². The Balaban J connectivity index is 1.35. The van der Waals surface area contributed by atoms with Crippen LogP contribution < -0.4 is 15.4 Å². The minimum Gasteiger partial charge on any atom is -0.497 e. The number of nitrogens with one attached hydrogen (secondary N) is 4. The zero-order chi connectivity index (χ0) is 28.1. The van der Waals surface area contributed by atoms with Crippen LogP contribution >= 0.6 is 0 Å². The van der Waals surface area contributed by atoms with E-state index in [0.29, 0.717) is 31.6 Å². The van der Waals surface area contributed by atoms with Crippen molar-refractivity contribution in [2.75, 3.05) is 13.7 Å². The number of imidazole rings is 1. The highest BCUT2D eigenvalue weighted by Crippen LogP contribution is 2.28.